The van der Waals surface area contributed by atoms with Crippen molar-refractivity contribution < 1.29 is 23.1 Å². The van der Waals surface area contributed by atoms with E-state index in [4.69, 9.17) is 9.84 Å². The van der Waals surface area contributed by atoms with Crippen molar-refractivity contribution in [1.82, 2.24) is 4.31 Å². The number of carboxylic acid groups (broad SMARTS) is 1. The molecule has 1 heterocycles. The van der Waals surface area contributed by atoms with Gasteiger partial charge >= 0.3 is 5.97 Å². The summed E-state index contributed by atoms with van der Waals surface area (Å²) in [6.07, 6.45) is 2.82. The van der Waals surface area contributed by atoms with Crippen LogP contribution in [0, 0.1) is 16.7 Å². The van der Waals surface area contributed by atoms with Crippen LogP contribution >= 0.6 is 0 Å². The highest BCUT2D eigenvalue weighted by molar-refractivity contribution is 7.89. The molecule has 1 aliphatic carbocycles. The van der Waals surface area contributed by atoms with E-state index in [2.05, 4.69) is 6.07 Å². The molecule has 1 unspecified atom stereocenters. The van der Waals surface area contributed by atoms with Gasteiger partial charge in [-0.3, -0.25) is 0 Å². The first-order valence-electron chi connectivity index (χ1n) is 7.12. The molecule has 0 aromatic heterocycles. The van der Waals surface area contributed by atoms with Crippen molar-refractivity contribution >= 4 is 16.0 Å². The molecule has 2 fully saturated rings. The summed E-state index contributed by atoms with van der Waals surface area (Å²) in [5.74, 6) is -1.38. The van der Waals surface area contributed by atoms with Crippen molar-refractivity contribution in [2.24, 2.45) is 5.41 Å². The van der Waals surface area contributed by atoms with Crippen molar-refractivity contribution in [2.45, 2.75) is 38.2 Å². The molecule has 21 heavy (non-hydrogen) atoms. The van der Waals surface area contributed by atoms with Crippen LogP contribution < -0.4 is 0 Å². The second-order valence-corrected chi connectivity index (χ2v) is 7.73. The normalized spacial score (nSPS) is 26.9. The van der Waals surface area contributed by atoms with Crippen LogP contribution in [0.15, 0.2) is 0 Å². The van der Waals surface area contributed by atoms with Crippen molar-refractivity contribution in [3.05, 3.63) is 0 Å². The van der Waals surface area contributed by atoms with Gasteiger partial charge in [0.25, 0.3) is 0 Å². The summed E-state index contributed by atoms with van der Waals surface area (Å²) in [6, 6.07) is 2.19. The molecular weight excluding hydrogens is 296 g/mol. The average Bonchev–Trinajstić information content (AvgIpc) is 2.48. The number of carboxylic acids is 1. The Kier molecular flexibility index (Phi) is 4.86. The van der Waals surface area contributed by atoms with E-state index in [0.29, 0.717) is 12.8 Å². The zero-order valence-electron chi connectivity index (χ0n) is 11.8. The largest absolute Gasteiger partial charge is 0.479 e. The van der Waals surface area contributed by atoms with Crippen LogP contribution in [0.1, 0.15) is 32.1 Å². The van der Waals surface area contributed by atoms with Gasteiger partial charge < -0.3 is 9.84 Å². The first kappa shape index (κ1) is 16.2. The zero-order chi connectivity index (χ0) is 15.5. The predicted octanol–water partition coefficient (Wildman–Crippen LogP) is 0.576. The molecule has 0 amide bonds. The molecule has 0 radical (unpaired) electrons. The highest BCUT2D eigenvalue weighted by atomic mass is 32.2. The van der Waals surface area contributed by atoms with Crippen LogP contribution in [0.25, 0.3) is 0 Å². The molecule has 118 valence electrons. The second kappa shape index (κ2) is 6.30. The minimum atomic E-state index is -3.65. The van der Waals surface area contributed by atoms with Crippen LogP contribution in [0.3, 0.4) is 0 Å². The number of morpholine rings is 1. The highest BCUT2D eigenvalue weighted by Gasteiger charge is 2.41. The summed E-state index contributed by atoms with van der Waals surface area (Å²) < 4.78 is 31.2. The van der Waals surface area contributed by atoms with E-state index in [1.54, 1.807) is 0 Å². The molecule has 2 aliphatic rings. The quantitative estimate of drug-likeness (QED) is 0.812. The molecule has 1 saturated carbocycles. The van der Waals surface area contributed by atoms with E-state index in [0.717, 1.165) is 23.6 Å². The van der Waals surface area contributed by atoms with E-state index < -0.39 is 27.5 Å². The Labute approximate surface area is 124 Å². The van der Waals surface area contributed by atoms with E-state index >= 15 is 0 Å². The Hall–Kier alpha value is -1.17. The first-order valence-corrected chi connectivity index (χ1v) is 8.73. The maximum Gasteiger partial charge on any atom is 0.334 e. The number of sulfonamides is 1. The molecule has 0 bridgehead atoms. The van der Waals surface area contributed by atoms with Gasteiger partial charge in [-0.05, 0) is 12.8 Å². The number of carbonyl (C=O) groups is 1. The highest BCUT2D eigenvalue weighted by Crippen LogP contribution is 2.37. The predicted molar refractivity (Wildman–Crippen MR) is 73.9 cm³/mol. The molecular formula is C13H20N2O5S. The summed E-state index contributed by atoms with van der Waals surface area (Å²) in [5.41, 5.74) is -0.825. The SMILES string of the molecule is N#CC1(CS(=O)(=O)N2CCOC(C(=O)O)C2)CCCCC1. The van der Waals surface area contributed by atoms with Gasteiger partial charge in [-0.2, -0.15) is 9.57 Å². The number of rotatable bonds is 4. The minimum absolute atomic E-state index is 0.0652. The van der Waals surface area contributed by atoms with Crippen molar-refractivity contribution in [2.75, 3.05) is 25.4 Å². The summed E-state index contributed by atoms with van der Waals surface area (Å²) >= 11 is 0. The van der Waals surface area contributed by atoms with Gasteiger partial charge in [0.15, 0.2) is 6.10 Å². The maximum absolute atomic E-state index is 12.5. The summed E-state index contributed by atoms with van der Waals surface area (Å²) in [4.78, 5) is 10.9. The Bertz CT molecular complexity index is 533. The average molecular weight is 316 g/mol. The van der Waals surface area contributed by atoms with E-state index in [9.17, 15) is 18.5 Å². The van der Waals surface area contributed by atoms with Crippen molar-refractivity contribution in [3.63, 3.8) is 0 Å². The number of hydrogen-bond acceptors (Lipinski definition) is 5. The summed E-state index contributed by atoms with van der Waals surface area (Å²) in [6.45, 7) is 0.0303. The number of ether oxygens (including phenoxy) is 1. The fourth-order valence-electron chi connectivity index (χ4n) is 2.99. The standard InChI is InChI=1S/C13H20N2O5S/c14-9-13(4-2-1-3-5-13)10-21(18,19)15-6-7-20-11(8-15)12(16)17/h11H,1-8,10H2,(H,16,17). The number of aliphatic carboxylic acids is 1. The topological polar surface area (TPSA) is 108 Å². The van der Waals surface area contributed by atoms with Gasteiger partial charge in [-0.1, -0.05) is 19.3 Å². The molecule has 1 saturated heterocycles. The molecule has 0 aromatic carbocycles. The second-order valence-electron chi connectivity index (χ2n) is 5.76. The Morgan fingerprint density at radius 1 is 1.38 bits per heavy atom. The third kappa shape index (κ3) is 3.73. The van der Waals surface area contributed by atoms with Gasteiger partial charge in [-0.25, -0.2) is 13.2 Å². The minimum Gasteiger partial charge on any atom is -0.479 e. The zero-order valence-corrected chi connectivity index (χ0v) is 12.6. The van der Waals surface area contributed by atoms with Gasteiger partial charge in [0.1, 0.15) is 0 Å². The van der Waals surface area contributed by atoms with E-state index in [1.165, 1.54) is 0 Å². The fraction of sp³-hybridized carbons (Fsp3) is 0.846. The third-order valence-corrected chi connectivity index (χ3v) is 6.24. The lowest BCUT2D eigenvalue weighted by atomic mass is 9.77. The van der Waals surface area contributed by atoms with Crippen LogP contribution in [-0.4, -0.2) is 55.4 Å². The van der Waals surface area contributed by atoms with Gasteiger partial charge in [0.05, 0.1) is 30.4 Å². The number of nitriles is 1. The monoisotopic (exact) mass is 316 g/mol. The fourth-order valence-corrected chi connectivity index (χ4v) is 4.93. The molecule has 1 aliphatic heterocycles. The maximum atomic E-state index is 12.5. The molecule has 7 nitrogen and oxygen atoms in total. The van der Waals surface area contributed by atoms with Gasteiger partial charge in [0.2, 0.25) is 10.0 Å². The molecule has 1 N–H and O–H groups in total. The Morgan fingerprint density at radius 3 is 2.62 bits per heavy atom. The third-order valence-electron chi connectivity index (χ3n) is 4.20. The lowest BCUT2D eigenvalue weighted by molar-refractivity contribution is -0.153. The van der Waals surface area contributed by atoms with Crippen LogP contribution in [0.5, 0.6) is 0 Å². The molecule has 0 spiro atoms. The molecule has 8 heteroatoms. The molecule has 0 aromatic rings. The van der Waals surface area contributed by atoms with Crippen molar-refractivity contribution in [3.8, 4) is 6.07 Å². The van der Waals surface area contributed by atoms with E-state index in [-0.39, 0.29) is 25.4 Å². The van der Waals surface area contributed by atoms with Crippen molar-refractivity contribution in [1.29, 1.82) is 5.26 Å². The molecule has 1 atom stereocenters. The summed E-state index contributed by atoms with van der Waals surface area (Å²) in [7, 11) is -3.65. The smallest absolute Gasteiger partial charge is 0.334 e. The van der Waals surface area contributed by atoms with E-state index in [1.807, 2.05) is 0 Å². The Morgan fingerprint density at radius 2 is 2.05 bits per heavy atom. The van der Waals surface area contributed by atoms with Gasteiger partial charge in [-0.15, -0.1) is 0 Å². The first-order chi connectivity index (χ1) is 9.88. The number of hydrogen-bond donors (Lipinski definition) is 1. The lowest BCUT2D eigenvalue weighted by Crippen LogP contribution is -2.50. The Balaban J connectivity index is 2.10. The molecule has 2 rings (SSSR count). The lowest BCUT2D eigenvalue weighted by Gasteiger charge is -2.35. The summed E-state index contributed by atoms with van der Waals surface area (Å²) in [5, 5.41) is 18.3. The van der Waals surface area contributed by atoms with Crippen LogP contribution in [0.2, 0.25) is 0 Å². The van der Waals surface area contributed by atoms with Gasteiger partial charge in [0, 0.05) is 6.54 Å². The number of nitrogens with zero attached hydrogens (tertiary/aromatic N) is 2. The van der Waals surface area contributed by atoms with Crippen LogP contribution in [0.4, 0.5) is 0 Å². The van der Waals surface area contributed by atoms with Crippen LogP contribution in [-0.2, 0) is 19.6 Å².